The number of hydrogen-bond acceptors (Lipinski definition) is 1. The van der Waals surface area contributed by atoms with Gasteiger partial charge in [0.25, 0.3) is 0 Å². The number of hydrogen-bond donors (Lipinski definition) is 1. The minimum atomic E-state index is 0. The molecule has 1 nitrogen and oxygen atoms in total. The first kappa shape index (κ1) is 12.0. The monoisotopic (exact) mass is 189 g/mol. The first-order valence-corrected chi connectivity index (χ1v) is 4.75. The van der Waals surface area contributed by atoms with Crippen LogP contribution >= 0.6 is 12.4 Å². The summed E-state index contributed by atoms with van der Waals surface area (Å²) in [6.07, 6.45) is 9.78. The van der Waals surface area contributed by atoms with Gasteiger partial charge in [0.05, 0.1) is 0 Å². The number of allylic oxidation sites excluding steroid dienone is 1. The molecule has 1 aliphatic heterocycles. The highest BCUT2D eigenvalue weighted by molar-refractivity contribution is 5.85. The Kier molecular flexibility index (Phi) is 6.49. The predicted octanol–water partition coefficient (Wildman–Crippen LogP) is 2.91. The molecule has 72 valence electrons. The molecule has 1 saturated heterocycles. The molecule has 0 bridgehead atoms. The minimum Gasteiger partial charge on any atom is -0.308 e. The SMILES string of the molecule is CC/C=C/C1CCCC(C)N1.Cl. The third-order valence-electron chi connectivity index (χ3n) is 2.25. The molecule has 2 heteroatoms. The van der Waals surface area contributed by atoms with E-state index in [1.165, 1.54) is 19.3 Å². The molecule has 1 fully saturated rings. The standard InChI is InChI=1S/C10H19N.ClH/c1-3-4-7-10-8-5-6-9(2)11-10;/h4,7,9-11H,3,5-6,8H2,1-2H3;1H/b7-4+;. The van der Waals surface area contributed by atoms with E-state index >= 15 is 0 Å². The molecule has 0 radical (unpaired) electrons. The topological polar surface area (TPSA) is 12.0 Å². The fourth-order valence-corrected chi connectivity index (χ4v) is 1.63. The quantitative estimate of drug-likeness (QED) is 0.659. The second-order valence-electron chi connectivity index (χ2n) is 3.44. The van der Waals surface area contributed by atoms with Crippen molar-refractivity contribution in [1.29, 1.82) is 0 Å². The Hall–Kier alpha value is -0.0100. The van der Waals surface area contributed by atoms with Crippen LogP contribution < -0.4 is 5.32 Å². The summed E-state index contributed by atoms with van der Waals surface area (Å²) in [6.45, 7) is 4.45. The summed E-state index contributed by atoms with van der Waals surface area (Å²) in [5, 5.41) is 3.56. The smallest absolute Gasteiger partial charge is 0.0252 e. The molecule has 1 aliphatic rings. The molecule has 1 N–H and O–H groups in total. The van der Waals surface area contributed by atoms with Gasteiger partial charge in [0.2, 0.25) is 0 Å². The molecule has 0 amide bonds. The summed E-state index contributed by atoms with van der Waals surface area (Å²) >= 11 is 0. The number of piperidine rings is 1. The van der Waals surface area contributed by atoms with Gasteiger partial charge >= 0.3 is 0 Å². The Morgan fingerprint density at radius 3 is 2.75 bits per heavy atom. The highest BCUT2D eigenvalue weighted by Crippen LogP contribution is 2.12. The lowest BCUT2D eigenvalue weighted by molar-refractivity contribution is 0.374. The molecule has 2 atom stereocenters. The van der Waals surface area contributed by atoms with E-state index in [0.717, 1.165) is 12.5 Å². The van der Waals surface area contributed by atoms with Crippen molar-refractivity contribution in [3.63, 3.8) is 0 Å². The van der Waals surface area contributed by atoms with Crippen LogP contribution in [0.5, 0.6) is 0 Å². The lowest BCUT2D eigenvalue weighted by Crippen LogP contribution is -2.39. The molecule has 1 heterocycles. The van der Waals surface area contributed by atoms with Crippen molar-refractivity contribution >= 4 is 12.4 Å². The van der Waals surface area contributed by atoms with Gasteiger partial charge in [-0.15, -0.1) is 12.4 Å². The molecule has 0 aromatic carbocycles. The van der Waals surface area contributed by atoms with Crippen LogP contribution in [-0.2, 0) is 0 Å². The maximum Gasteiger partial charge on any atom is 0.0252 e. The molecule has 0 saturated carbocycles. The minimum absolute atomic E-state index is 0. The van der Waals surface area contributed by atoms with Crippen molar-refractivity contribution in [3.8, 4) is 0 Å². The Balaban J connectivity index is 0.00000121. The van der Waals surface area contributed by atoms with Gasteiger partial charge in [-0.25, -0.2) is 0 Å². The zero-order valence-corrected chi connectivity index (χ0v) is 8.86. The molecule has 12 heavy (non-hydrogen) atoms. The van der Waals surface area contributed by atoms with Gasteiger partial charge in [-0.1, -0.05) is 25.5 Å². The maximum atomic E-state index is 3.56. The van der Waals surface area contributed by atoms with E-state index in [1.54, 1.807) is 0 Å². The van der Waals surface area contributed by atoms with Crippen molar-refractivity contribution in [2.45, 2.75) is 51.6 Å². The van der Waals surface area contributed by atoms with Gasteiger partial charge in [0.15, 0.2) is 0 Å². The molecule has 0 aliphatic carbocycles. The van der Waals surface area contributed by atoms with Crippen LogP contribution in [0.25, 0.3) is 0 Å². The second kappa shape index (κ2) is 6.50. The summed E-state index contributed by atoms with van der Waals surface area (Å²) in [5.74, 6) is 0. The zero-order valence-electron chi connectivity index (χ0n) is 8.05. The van der Waals surface area contributed by atoms with E-state index in [-0.39, 0.29) is 12.4 Å². The van der Waals surface area contributed by atoms with Crippen LogP contribution in [0.4, 0.5) is 0 Å². The summed E-state index contributed by atoms with van der Waals surface area (Å²) < 4.78 is 0. The average Bonchev–Trinajstić information content (AvgIpc) is 2.01. The Labute approximate surface area is 82.0 Å². The van der Waals surface area contributed by atoms with Gasteiger partial charge in [-0.3, -0.25) is 0 Å². The van der Waals surface area contributed by atoms with Crippen LogP contribution in [0.2, 0.25) is 0 Å². The van der Waals surface area contributed by atoms with E-state index in [4.69, 9.17) is 0 Å². The Morgan fingerprint density at radius 2 is 2.17 bits per heavy atom. The van der Waals surface area contributed by atoms with Gasteiger partial charge in [-0.2, -0.15) is 0 Å². The van der Waals surface area contributed by atoms with Crippen LogP contribution in [0.3, 0.4) is 0 Å². The third kappa shape index (κ3) is 4.13. The van der Waals surface area contributed by atoms with E-state index in [0.29, 0.717) is 6.04 Å². The maximum absolute atomic E-state index is 3.56. The van der Waals surface area contributed by atoms with E-state index < -0.39 is 0 Å². The van der Waals surface area contributed by atoms with Crippen molar-refractivity contribution < 1.29 is 0 Å². The predicted molar refractivity (Wildman–Crippen MR) is 56.9 cm³/mol. The highest BCUT2D eigenvalue weighted by Gasteiger charge is 2.14. The molecular formula is C10H20ClN. The van der Waals surface area contributed by atoms with Crippen molar-refractivity contribution in [2.75, 3.05) is 0 Å². The first-order valence-electron chi connectivity index (χ1n) is 4.75. The summed E-state index contributed by atoms with van der Waals surface area (Å²) in [7, 11) is 0. The van der Waals surface area contributed by atoms with Gasteiger partial charge in [0, 0.05) is 12.1 Å². The van der Waals surface area contributed by atoms with Crippen molar-refractivity contribution in [1.82, 2.24) is 5.32 Å². The number of nitrogens with one attached hydrogen (secondary N) is 1. The van der Waals surface area contributed by atoms with Gasteiger partial charge in [0.1, 0.15) is 0 Å². The van der Waals surface area contributed by atoms with Crippen molar-refractivity contribution in [3.05, 3.63) is 12.2 Å². The first-order chi connectivity index (χ1) is 5.33. The van der Waals surface area contributed by atoms with E-state index in [1.807, 2.05) is 0 Å². The summed E-state index contributed by atoms with van der Waals surface area (Å²) in [5.41, 5.74) is 0. The molecular weight excluding hydrogens is 170 g/mol. The van der Waals surface area contributed by atoms with Crippen LogP contribution in [0, 0.1) is 0 Å². The molecule has 2 unspecified atom stereocenters. The highest BCUT2D eigenvalue weighted by atomic mass is 35.5. The van der Waals surface area contributed by atoms with Gasteiger partial charge in [-0.05, 0) is 26.2 Å². The van der Waals surface area contributed by atoms with Crippen LogP contribution in [0.15, 0.2) is 12.2 Å². The summed E-state index contributed by atoms with van der Waals surface area (Å²) in [6, 6.07) is 1.37. The van der Waals surface area contributed by atoms with Crippen LogP contribution in [-0.4, -0.2) is 12.1 Å². The lowest BCUT2D eigenvalue weighted by Gasteiger charge is -2.26. The third-order valence-corrected chi connectivity index (χ3v) is 2.25. The van der Waals surface area contributed by atoms with Gasteiger partial charge < -0.3 is 5.32 Å². The molecule has 0 aromatic rings. The fourth-order valence-electron chi connectivity index (χ4n) is 1.63. The summed E-state index contributed by atoms with van der Waals surface area (Å²) in [4.78, 5) is 0. The molecule has 1 rings (SSSR count). The second-order valence-corrected chi connectivity index (χ2v) is 3.44. The number of rotatable bonds is 2. The van der Waals surface area contributed by atoms with E-state index in [9.17, 15) is 0 Å². The number of halogens is 1. The van der Waals surface area contributed by atoms with Crippen molar-refractivity contribution in [2.24, 2.45) is 0 Å². The normalized spacial score (nSPS) is 30.2. The fraction of sp³-hybridized carbons (Fsp3) is 0.800. The Bertz CT molecular complexity index is 134. The Morgan fingerprint density at radius 1 is 1.42 bits per heavy atom. The zero-order chi connectivity index (χ0) is 8.10. The van der Waals surface area contributed by atoms with E-state index in [2.05, 4.69) is 31.3 Å². The largest absolute Gasteiger partial charge is 0.308 e. The lowest BCUT2D eigenvalue weighted by atomic mass is 9.99. The molecule has 0 spiro atoms. The average molecular weight is 190 g/mol. The van der Waals surface area contributed by atoms with Crippen LogP contribution in [0.1, 0.15) is 39.5 Å². The molecule has 0 aromatic heterocycles.